The number of halogens is 1. The van der Waals surface area contributed by atoms with E-state index in [2.05, 4.69) is 10.4 Å². The van der Waals surface area contributed by atoms with Crippen LogP contribution in [0.5, 0.6) is 0 Å². The molecule has 0 atom stereocenters. The molecule has 0 aliphatic carbocycles. The molecule has 0 amide bonds. The van der Waals surface area contributed by atoms with Gasteiger partial charge in [0.2, 0.25) is 0 Å². The Hall–Kier alpha value is -1.26. The average Bonchev–Trinajstić information content (AvgIpc) is 2.08. The summed E-state index contributed by atoms with van der Waals surface area (Å²) in [4.78, 5) is 0. The summed E-state index contributed by atoms with van der Waals surface area (Å²) in [6.07, 6.45) is 1.52. The molecule has 1 aromatic rings. The number of rotatable bonds is 3. The second kappa shape index (κ2) is 4.83. The molecule has 0 heterocycles. The smallest absolute Gasteiger partial charge is 0.114 e. The summed E-state index contributed by atoms with van der Waals surface area (Å²) in [7, 11) is 1.65. The summed E-state index contributed by atoms with van der Waals surface area (Å²) >= 11 is 5.81. The van der Waals surface area contributed by atoms with Gasteiger partial charge in [0.15, 0.2) is 0 Å². The monoisotopic (exact) mass is 212 g/mol. The molecular weight excluding hydrogens is 200 g/mol. The van der Waals surface area contributed by atoms with Crippen molar-refractivity contribution in [2.45, 2.75) is 6.92 Å². The second-order valence-corrected chi connectivity index (χ2v) is 3.36. The van der Waals surface area contributed by atoms with Crippen LogP contribution in [0.15, 0.2) is 23.3 Å². The van der Waals surface area contributed by atoms with Crippen molar-refractivity contribution < 1.29 is 0 Å². The van der Waals surface area contributed by atoms with Crippen molar-refractivity contribution in [3.8, 4) is 0 Å². The molecule has 3 N–H and O–H groups in total. The van der Waals surface area contributed by atoms with Crippen molar-refractivity contribution in [1.29, 1.82) is 0 Å². The molecule has 0 spiro atoms. The molecule has 1 aromatic carbocycles. The number of hydrogen-bond acceptors (Lipinski definition) is 3. The normalized spacial score (nSPS) is 10.6. The summed E-state index contributed by atoms with van der Waals surface area (Å²) in [5.74, 6) is 5.29. The van der Waals surface area contributed by atoms with Crippen molar-refractivity contribution in [3.63, 3.8) is 0 Å². The number of hydrogen-bond donors (Lipinski definition) is 2. The first-order chi connectivity index (χ1) is 6.59. The van der Waals surface area contributed by atoms with E-state index in [4.69, 9.17) is 17.4 Å². The number of nitrogens with zero attached hydrogens (tertiary/aromatic N) is 2. The third-order valence-electron chi connectivity index (χ3n) is 1.65. The zero-order chi connectivity index (χ0) is 10.6. The number of aryl methyl sites for hydroxylation is 1. The minimum atomic E-state index is 0.723. The lowest BCUT2D eigenvalue weighted by Gasteiger charge is -2.06. The van der Waals surface area contributed by atoms with Crippen molar-refractivity contribution in [3.05, 3.63) is 28.8 Å². The van der Waals surface area contributed by atoms with Crippen LogP contribution >= 0.6 is 11.6 Å². The molecule has 1 rings (SSSR count). The summed E-state index contributed by atoms with van der Waals surface area (Å²) in [6.45, 7) is 1.97. The minimum Gasteiger partial charge on any atom is -0.345 e. The van der Waals surface area contributed by atoms with Crippen LogP contribution < -0.4 is 11.2 Å². The van der Waals surface area contributed by atoms with Gasteiger partial charge in [-0.05, 0) is 30.7 Å². The average molecular weight is 213 g/mol. The van der Waals surface area contributed by atoms with Gasteiger partial charge in [-0.3, -0.25) is 0 Å². The van der Waals surface area contributed by atoms with E-state index < -0.39 is 0 Å². The van der Waals surface area contributed by atoms with Crippen LogP contribution in [0, 0.1) is 6.92 Å². The molecule has 0 fully saturated rings. The highest BCUT2D eigenvalue weighted by Gasteiger charge is 1.96. The largest absolute Gasteiger partial charge is 0.345 e. The number of nitrogens with two attached hydrogens (primary N) is 1. The Balaban J connectivity index is 2.68. The quantitative estimate of drug-likeness (QED) is 0.348. The van der Waals surface area contributed by atoms with Gasteiger partial charge in [0.1, 0.15) is 6.34 Å². The SMILES string of the molecule is Cc1cc(Cl)ccc1N/C=N\N(C)N. The molecule has 0 bridgehead atoms. The Labute approximate surface area is 88.3 Å². The minimum absolute atomic E-state index is 0.723. The summed E-state index contributed by atoms with van der Waals surface area (Å²) < 4.78 is 0. The van der Waals surface area contributed by atoms with Gasteiger partial charge < -0.3 is 5.32 Å². The molecule has 76 valence electrons. The fourth-order valence-corrected chi connectivity index (χ4v) is 1.21. The Morgan fingerprint density at radius 1 is 1.57 bits per heavy atom. The first-order valence-corrected chi connectivity index (χ1v) is 4.51. The molecule has 0 aromatic heterocycles. The molecular formula is C9H13ClN4. The number of hydrazine groups is 1. The van der Waals surface area contributed by atoms with Gasteiger partial charge in [-0.2, -0.15) is 5.10 Å². The Morgan fingerprint density at radius 2 is 2.29 bits per heavy atom. The van der Waals surface area contributed by atoms with Gasteiger partial charge in [-0.15, -0.1) is 0 Å². The first kappa shape index (κ1) is 10.8. The van der Waals surface area contributed by atoms with E-state index >= 15 is 0 Å². The molecule has 0 aliphatic heterocycles. The predicted octanol–water partition coefficient (Wildman–Crippen LogP) is 1.81. The van der Waals surface area contributed by atoms with Crippen LogP contribution in [0.25, 0.3) is 0 Å². The number of benzene rings is 1. The van der Waals surface area contributed by atoms with Crippen molar-refractivity contribution >= 4 is 23.6 Å². The highest BCUT2D eigenvalue weighted by Crippen LogP contribution is 2.18. The first-order valence-electron chi connectivity index (χ1n) is 4.13. The fourth-order valence-electron chi connectivity index (χ4n) is 0.979. The van der Waals surface area contributed by atoms with E-state index in [0.29, 0.717) is 0 Å². The van der Waals surface area contributed by atoms with Gasteiger partial charge >= 0.3 is 0 Å². The van der Waals surface area contributed by atoms with Gasteiger partial charge in [0.25, 0.3) is 0 Å². The molecule has 0 radical (unpaired) electrons. The lowest BCUT2D eigenvalue weighted by Crippen LogP contribution is -2.20. The molecule has 0 aliphatic rings. The molecule has 0 saturated carbocycles. The Kier molecular flexibility index (Phi) is 3.73. The van der Waals surface area contributed by atoms with Gasteiger partial charge in [-0.25, -0.2) is 11.0 Å². The third kappa shape index (κ3) is 3.24. The highest BCUT2D eigenvalue weighted by molar-refractivity contribution is 6.30. The van der Waals surface area contributed by atoms with Crippen LogP contribution in [-0.2, 0) is 0 Å². The van der Waals surface area contributed by atoms with Crippen LogP contribution in [0.1, 0.15) is 5.56 Å². The zero-order valence-electron chi connectivity index (χ0n) is 8.16. The van der Waals surface area contributed by atoms with E-state index in [-0.39, 0.29) is 0 Å². The van der Waals surface area contributed by atoms with E-state index in [1.807, 2.05) is 25.1 Å². The molecule has 0 saturated heterocycles. The van der Waals surface area contributed by atoms with Crippen LogP contribution in [0.2, 0.25) is 5.02 Å². The van der Waals surface area contributed by atoms with Crippen molar-refractivity contribution in [2.75, 3.05) is 12.4 Å². The van der Waals surface area contributed by atoms with Gasteiger partial charge in [0, 0.05) is 17.8 Å². The van der Waals surface area contributed by atoms with E-state index in [1.165, 1.54) is 11.5 Å². The molecule has 5 heteroatoms. The van der Waals surface area contributed by atoms with Crippen molar-refractivity contribution in [1.82, 2.24) is 5.12 Å². The lowest BCUT2D eigenvalue weighted by molar-refractivity contribution is 0.374. The number of anilines is 1. The maximum absolute atomic E-state index is 5.81. The maximum Gasteiger partial charge on any atom is 0.114 e. The zero-order valence-corrected chi connectivity index (χ0v) is 8.92. The number of hydrazone groups is 1. The maximum atomic E-state index is 5.81. The number of nitrogens with one attached hydrogen (secondary N) is 1. The van der Waals surface area contributed by atoms with E-state index in [9.17, 15) is 0 Å². The standard InChI is InChI=1S/C9H13ClN4/c1-7-5-8(10)3-4-9(7)12-6-13-14(2)11/h3-6H,11H2,1-2H3,(H,12,13). The van der Waals surface area contributed by atoms with Gasteiger partial charge in [0.05, 0.1) is 0 Å². The van der Waals surface area contributed by atoms with E-state index in [0.717, 1.165) is 16.3 Å². The fraction of sp³-hybridized carbons (Fsp3) is 0.222. The van der Waals surface area contributed by atoms with Crippen molar-refractivity contribution in [2.24, 2.45) is 10.9 Å². The molecule has 14 heavy (non-hydrogen) atoms. The Bertz CT molecular complexity index is 336. The highest BCUT2D eigenvalue weighted by atomic mass is 35.5. The Morgan fingerprint density at radius 3 is 2.86 bits per heavy atom. The lowest BCUT2D eigenvalue weighted by atomic mass is 10.2. The summed E-state index contributed by atoms with van der Waals surface area (Å²) in [5.41, 5.74) is 2.02. The summed E-state index contributed by atoms with van der Waals surface area (Å²) in [6, 6.07) is 5.58. The van der Waals surface area contributed by atoms with Crippen LogP contribution in [0.4, 0.5) is 5.69 Å². The molecule has 0 unspecified atom stereocenters. The van der Waals surface area contributed by atoms with Crippen LogP contribution in [-0.4, -0.2) is 18.5 Å². The van der Waals surface area contributed by atoms with Gasteiger partial charge in [-0.1, -0.05) is 11.6 Å². The topological polar surface area (TPSA) is 53.7 Å². The van der Waals surface area contributed by atoms with Crippen LogP contribution in [0.3, 0.4) is 0 Å². The summed E-state index contributed by atoms with van der Waals surface area (Å²) in [5, 5.41) is 8.77. The third-order valence-corrected chi connectivity index (χ3v) is 1.88. The second-order valence-electron chi connectivity index (χ2n) is 2.92. The molecule has 4 nitrogen and oxygen atoms in total. The van der Waals surface area contributed by atoms with E-state index in [1.54, 1.807) is 7.05 Å². The predicted molar refractivity (Wildman–Crippen MR) is 60.3 cm³/mol.